The van der Waals surface area contributed by atoms with Gasteiger partial charge in [0.05, 0.1) is 23.6 Å². The Bertz CT molecular complexity index is 1960. The number of hydrogen-bond donors (Lipinski definition) is 0. The molecule has 0 unspecified atom stereocenters. The van der Waals surface area contributed by atoms with E-state index in [1.807, 2.05) is 10.9 Å². The smallest absolute Gasteiger partial charge is 0.335 e. The summed E-state index contributed by atoms with van der Waals surface area (Å²) in [6.07, 6.45) is 8.38. The highest BCUT2D eigenvalue weighted by Crippen LogP contribution is 2.35. The van der Waals surface area contributed by atoms with Gasteiger partial charge in [-0.05, 0) is 74.7 Å². The van der Waals surface area contributed by atoms with Crippen molar-refractivity contribution in [2.24, 2.45) is 0 Å². The summed E-state index contributed by atoms with van der Waals surface area (Å²) < 4.78 is 38.4. The molecule has 0 atom stereocenters. The van der Waals surface area contributed by atoms with Crippen LogP contribution in [0.15, 0.2) is 89.0 Å². The molecular weight excluding hydrogens is 556 g/mol. The number of nitrogens with zero attached hydrogens (tertiary/aromatic N) is 5. The van der Waals surface area contributed by atoms with Gasteiger partial charge >= 0.3 is 5.69 Å². The van der Waals surface area contributed by atoms with Crippen LogP contribution in [0.3, 0.4) is 0 Å². The second-order valence-electron chi connectivity index (χ2n) is 10.7. The molecule has 1 fully saturated rings. The Balaban J connectivity index is 1.23. The van der Waals surface area contributed by atoms with Crippen molar-refractivity contribution in [3.63, 3.8) is 0 Å². The first kappa shape index (κ1) is 28.0. The van der Waals surface area contributed by atoms with Crippen LogP contribution in [0.2, 0.25) is 0 Å². The second kappa shape index (κ2) is 11.2. The molecule has 0 amide bonds. The second-order valence-corrected chi connectivity index (χ2v) is 10.7. The average Bonchev–Trinajstić information content (AvgIpc) is 3.71. The van der Waals surface area contributed by atoms with Crippen molar-refractivity contribution < 1.29 is 18.3 Å². The number of rotatable bonds is 9. The van der Waals surface area contributed by atoms with E-state index in [0.29, 0.717) is 23.0 Å². The molecule has 2 aromatic carbocycles. The SMILES string of the molecule is CC(C)n1cc(C(=O)Cc2ccc(Oc3ccnc(-c4cnn(C5CC5)c4)c3)c(F)c2)c(=O)n(-c2ccc(F)cc2)c1=O. The summed E-state index contributed by atoms with van der Waals surface area (Å²) in [5.74, 6) is -1.50. The number of ether oxygens (including phenoxy) is 1. The lowest BCUT2D eigenvalue weighted by molar-refractivity contribution is 0.0990. The molecule has 0 aliphatic heterocycles. The van der Waals surface area contributed by atoms with E-state index < -0.39 is 28.7 Å². The standard InChI is InChI=1S/C32H27F2N5O4/c1-19(2)37-18-26(31(41)39(32(37)42)24-6-4-22(33)5-7-24)29(40)14-20-3-10-30(27(34)13-20)43-25-11-12-35-28(15-25)21-16-36-38(17-21)23-8-9-23/h3-7,10-13,15-19,23H,8-9,14H2,1-2H3. The maximum Gasteiger partial charge on any atom is 0.335 e. The lowest BCUT2D eigenvalue weighted by Crippen LogP contribution is -2.42. The van der Waals surface area contributed by atoms with E-state index in [1.165, 1.54) is 41.1 Å². The average molecular weight is 584 g/mol. The fourth-order valence-corrected chi connectivity index (χ4v) is 4.74. The van der Waals surface area contributed by atoms with Crippen LogP contribution < -0.4 is 16.0 Å². The minimum Gasteiger partial charge on any atom is -0.454 e. The number of halogens is 2. The van der Waals surface area contributed by atoms with Gasteiger partial charge in [0, 0.05) is 42.7 Å². The molecule has 218 valence electrons. The summed E-state index contributed by atoms with van der Waals surface area (Å²) in [5, 5.41) is 4.38. The molecule has 5 aromatic rings. The van der Waals surface area contributed by atoms with E-state index in [-0.39, 0.29) is 29.5 Å². The Labute approximate surface area is 244 Å². The first-order valence-electron chi connectivity index (χ1n) is 13.8. The third kappa shape index (κ3) is 5.78. The van der Waals surface area contributed by atoms with Gasteiger partial charge in [-0.3, -0.25) is 23.8 Å². The Kier molecular flexibility index (Phi) is 7.31. The third-order valence-corrected chi connectivity index (χ3v) is 7.19. The van der Waals surface area contributed by atoms with Gasteiger partial charge in [0.15, 0.2) is 17.3 Å². The fraction of sp³-hybridized carbons (Fsp3) is 0.219. The number of carbonyl (C=O) groups excluding carboxylic acids is 1. The number of ketones is 1. The van der Waals surface area contributed by atoms with Crippen LogP contribution in [0, 0.1) is 11.6 Å². The van der Waals surface area contributed by atoms with Gasteiger partial charge in [-0.15, -0.1) is 0 Å². The zero-order valence-corrected chi connectivity index (χ0v) is 23.4. The monoisotopic (exact) mass is 583 g/mol. The molecule has 0 N–H and O–H groups in total. The van der Waals surface area contributed by atoms with Crippen LogP contribution in [-0.2, 0) is 6.42 Å². The molecule has 1 aliphatic rings. The van der Waals surface area contributed by atoms with Gasteiger partial charge in [0.2, 0.25) is 0 Å². The number of aromatic nitrogens is 5. The highest BCUT2D eigenvalue weighted by molar-refractivity contribution is 5.97. The first-order chi connectivity index (χ1) is 20.7. The molecule has 3 aromatic heterocycles. The minimum absolute atomic E-state index is 0.0472. The summed E-state index contributed by atoms with van der Waals surface area (Å²) in [6.45, 7) is 3.46. The number of hydrogen-bond acceptors (Lipinski definition) is 6. The minimum atomic E-state index is -0.838. The summed E-state index contributed by atoms with van der Waals surface area (Å²) in [5.41, 5.74) is 0.168. The molecule has 0 bridgehead atoms. The Morgan fingerprint density at radius 3 is 2.49 bits per heavy atom. The van der Waals surface area contributed by atoms with Crippen LogP contribution >= 0.6 is 0 Å². The molecule has 0 spiro atoms. The highest BCUT2D eigenvalue weighted by atomic mass is 19.1. The largest absolute Gasteiger partial charge is 0.454 e. The van der Waals surface area contributed by atoms with Gasteiger partial charge in [0.25, 0.3) is 5.56 Å². The quantitative estimate of drug-likeness (QED) is 0.207. The van der Waals surface area contributed by atoms with Gasteiger partial charge < -0.3 is 4.74 Å². The number of Topliss-reactive ketones (excluding diaryl/α,β-unsaturated/α-hetero) is 1. The van der Waals surface area contributed by atoms with Crippen LogP contribution in [0.5, 0.6) is 11.5 Å². The van der Waals surface area contributed by atoms with Gasteiger partial charge in [-0.2, -0.15) is 5.10 Å². The van der Waals surface area contributed by atoms with Crippen molar-refractivity contribution in [1.29, 1.82) is 0 Å². The van der Waals surface area contributed by atoms with Crippen LogP contribution in [0.1, 0.15) is 54.7 Å². The normalized spacial score (nSPS) is 13.0. The van der Waals surface area contributed by atoms with Crippen molar-refractivity contribution in [2.45, 2.75) is 45.2 Å². The molecule has 1 saturated carbocycles. The van der Waals surface area contributed by atoms with E-state index in [2.05, 4.69) is 10.1 Å². The molecule has 0 saturated heterocycles. The van der Waals surface area contributed by atoms with Gasteiger partial charge in [0.1, 0.15) is 17.1 Å². The predicted octanol–water partition coefficient (Wildman–Crippen LogP) is 5.67. The molecule has 1 aliphatic carbocycles. The van der Waals surface area contributed by atoms with Crippen LogP contribution in [0.25, 0.3) is 16.9 Å². The Morgan fingerprint density at radius 2 is 1.79 bits per heavy atom. The number of benzene rings is 2. The highest BCUT2D eigenvalue weighted by Gasteiger charge is 2.25. The van der Waals surface area contributed by atoms with Crippen molar-refractivity contribution in [1.82, 2.24) is 23.9 Å². The lowest BCUT2D eigenvalue weighted by atomic mass is 10.0. The number of carbonyl (C=O) groups is 1. The summed E-state index contributed by atoms with van der Waals surface area (Å²) >= 11 is 0. The van der Waals surface area contributed by atoms with Crippen LogP contribution in [0.4, 0.5) is 8.78 Å². The Morgan fingerprint density at radius 1 is 1.02 bits per heavy atom. The molecular formula is C32H27F2N5O4. The zero-order chi connectivity index (χ0) is 30.2. The molecule has 6 rings (SSSR count). The topological polar surface area (TPSA) is 101 Å². The Hall–Kier alpha value is -5.19. The van der Waals surface area contributed by atoms with Crippen molar-refractivity contribution in [2.75, 3.05) is 0 Å². The summed E-state index contributed by atoms with van der Waals surface area (Å²) in [7, 11) is 0. The molecule has 43 heavy (non-hydrogen) atoms. The van der Waals surface area contributed by atoms with Gasteiger partial charge in [-0.25, -0.2) is 18.1 Å². The van der Waals surface area contributed by atoms with Crippen molar-refractivity contribution >= 4 is 5.78 Å². The van der Waals surface area contributed by atoms with E-state index in [1.54, 1.807) is 38.4 Å². The van der Waals surface area contributed by atoms with Crippen molar-refractivity contribution in [3.8, 4) is 28.4 Å². The zero-order valence-electron chi connectivity index (χ0n) is 23.4. The van der Waals surface area contributed by atoms with Gasteiger partial charge in [-0.1, -0.05) is 6.07 Å². The van der Waals surface area contributed by atoms with E-state index in [4.69, 9.17) is 4.74 Å². The van der Waals surface area contributed by atoms with E-state index in [9.17, 15) is 18.8 Å². The molecule has 0 radical (unpaired) electrons. The van der Waals surface area contributed by atoms with Crippen LogP contribution in [-0.4, -0.2) is 29.7 Å². The summed E-state index contributed by atoms with van der Waals surface area (Å²) in [4.78, 5) is 44.0. The van der Waals surface area contributed by atoms with E-state index in [0.717, 1.165) is 35.1 Å². The first-order valence-corrected chi connectivity index (χ1v) is 13.8. The molecule has 11 heteroatoms. The van der Waals surface area contributed by atoms with Crippen molar-refractivity contribution in [3.05, 3.63) is 123 Å². The third-order valence-electron chi connectivity index (χ3n) is 7.19. The maximum absolute atomic E-state index is 15.1. The lowest BCUT2D eigenvalue weighted by Gasteiger charge is -2.15. The maximum atomic E-state index is 15.1. The fourth-order valence-electron chi connectivity index (χ4n) is 4.74. The summed E-state index contributed by atoms with van der Waals surface area (Å²) in [6, 6.07) is 12.3. The van der Waals surface area contributed by atoms with E-state index >= 15 is 4.39 Å². The number of pyridine rings is 1. The predicted molar refractivity (Wildman–Crippen MR) is 155 cm³/mol. The molecule has 3 heterocycles. The molecule has 9 nitrogen and oxygen atoms in total.